The Morgan fingerprint density at radius 1 is 1.09 bits per heavy atom. The Labute approximate surface area is 193 Å². The summed E-state index contributed by atoms with van der Waals surface area (Å²) in [4.78, 5) is 25.0. The number of nitrogens with zero attached hydrogens (tertiary/aromatic N) is 3. The molecule has 2 aliphatic rings. The van der Waals surface area contributed by atoms with E-state index in [0.717, 1.165) is 73.2 Å². The first-order valence-electron chi connectivity index (χ1n) is 11.3. The van der Waals surface area contributed by atoms with Crippen LogP contribution in [0.2, 0.25) is 5.02 Å². The van der Waals surface area contributed by atoms with E-state index in [-0.39, 0.29) is 5.91 Å². The van der Waals surface area contributed by atoms with Crippen LogP contribution in [0.4, 0.5) is 5.69 Å². The number of para-hydroxylation sites is 1. The molecule has 0 atom stereocenters. The summed E-state index contributed by atoms with van der Waals surface area (Å²) in [5.74, 6) is 1.07. The number of nitrogens with one attached hydrogen (secondary N) is 2. The number of benzene rings is 2. The Morgan fingerprint density at radius 2 is 1.88 bits per heavy atom. The molecule has 32 heavy (non-hydrogen) atoms. The average molecular weight is 450 g/mol. The van der Waals surface area contributed by atoms with Crippen LogP contribution in [0.5, 0.6) is 0 Å². The fraction of sp³-hybridized carbons (Fsp3) is 0.360. The van der Waals surface area contributed by atoms with Gasteiger partial charge in [0.05, 0.1) is 6.54 Å². The van der Waals surface area contributed by atoms with Crippen molar-refractivity contribution in [2.24, 2.45) is 0 Å². The summed E-state index contributed by atoms with van der Waals surface area (Å²) in [6, 6.07) is 16.4. The highest BCUT2D eigenvalue weighted by Gasteiger charge is 2.27. The van der Waals surface area contributed by atoms with E-state index in [1.807, 2.05) is 47.5 Å². The first-order chi connectivity index (χ1) is 15.7. The van der Waals surface area contributed by atoms with E-state index in [2.05, 4.69) is 32.3 Å². The van der Waals surface area contributed by atoms with Crippen LogP contribution in [0.1, 0.15) is 24.1 Å². The van der Waals surface area contributed by atoms with Gasteiger partial charge in [0.1, 0.15) is 5.82 Å². The molecule has 3 heterocycles. The third-order valence-electron chi connectivity index (χ3n) is 6.46. The quantitative estimate of drug-likeness (QED) is 0.599. The number of aromatic amines is 1. The molecule has 0 aliphatic carbocycles. The Kier molecular flexibility index (Phi) is 6.26. The predicted octanol–water partition coefficient (Wildman–Crippen LogP) is 3.87. The fourth-order valence-corrected chi connectivity index (χ4v) is 4.75. The van der Waals surface area contributed by atoms with E-state index >= 15 is 0 Å². The van der Waals surface area contributed by atoms with E-state index in [9.17, 15) is 4.79 Å². The number of carbonyl (C=O) groups is 1. The van der Waals surface area contributed by atoms with E-state index in [1.54, 1.807) is 0 Å². The molecule has 1 fully saturated rings. The van der Waals surface area contributed by atoms with Gasteiger partial charge in [0.25, 0.3) is 0 Å². The van der Waals surface area contributed by atoms with E-state index in [1.165, 1.54) is 5.56 Å². The van der Waals surface area contributed by atoms with Gasteiger partial charge in [0.2, 0.25) is 5.91 Å². The van der Waals surface area contributed by atoms with Crippen molar-refractivity contribution < 1.29 is 4.79 Å². The van der Waals surface area contributed by atoms with Gasteiger partial charge in [-0.3, -0.25) is 9.69 Å². The van der Waals surface area contributed by atoms with E-state index < -0.39 is 0 Å². The zero-order chi connectivity index (χ0) is 21.9. The number of piperidine rings is 1. The van der Waals surface area contributed by atoms with Crippen LogP contribution in [0, 0.1) is 0 Å². The van der Waals surface area contributed by atoms with Crippen molar-refractivity contribution in [1.82, 2.24) is 20.2 Å². The molecule has 0 unspecified atom stereocenters. The third kappa shape index (κ3) is 4.72. The van der Waals surface area contributed by atoms with Crippen molar-refractivity contribution in [2.75, 3.05) is 31.1 Å². The Bertz CT molecular complexity index is 1070. The number of fused-ring (bicyclic) bond motifs is 1. The number of hydrogen-bond donors (Lipinski definition) is 2. The topological polar surface area (TPSA) is 64.3 Å². The zero-order valence-electron chi connectivity index (χ0n) is 18.1. The van der Waals surface area contributed by atoms with E-state index in [4.69, 9.17) is 11.6 Å². The molecule has 0 bridgehead atoms. The van der Waals surface area contributed by atoms with Gasteiger partial charge in [-0.25, -0.2) is 4.98 Å². The first kappa shape index (κ1) is 21.2. The van der Waals surface area contributed by atoms with Gasteiger partial charge in [0, 0.05) is 60.4 Å². The number of H-pyrrole nitrogens is 1. The van der Waals surface area contributed by atoms with Crippen LogP contribution >= 0.6 is 11.6 Å². The largest absolute Gasteiger partial charge is 0.341 e. The maximum Gasteiger partial charge on any atom is 0.241 e. The van der Waals surface area contributed by atoms with Crippen molar-refractivity contribution in [1.29, 1.82) is 0 Å². The number of anilines is 1. The lowest BCUT2D eigenvalue weighted by Gasteiger charge is -2.33. The Hall–Kier alpha value is -2.67. The third-order valence-corrected chi connectivity index (χ3v) is 6.71. The fourth-order valence-electron chi connectivity index (χ4n) is 4.63. The van der Waals surface area contributed by atoms with Crippen molar-refractivity contribution in [2.45, 2.75) is 31.8 Å². The van der Waals surface area contributed by atoms with Crippen LogP contribution < -0.4 is 10.2 Å². The highest BCUT2D eigenvalue weighted by atomic mass is 35.5. The van der Waals surface area contributed by atoms with Crippen molar-refractivity contribution in [3.05, 3.63) is 71.0 Å². The predicted molar refractivity (Wildman–Crippen MR) is 128 cm³/mol. The summed E-state index contributed by atoms with van der Waals surface area (Å²) in [5.41, 5.74) is 4.47. The minimum absolute atomic E-state index is 0.216. The number of hydrogen-bond acceptors (Lipinski definition) is 4. The first-order valence-corrected chi connectivity index (χ1v) is 11.7. The number of imidazole rings is 1. The lowest BCUT2D eigenvalue weighted by molar-refractivity contribution is -0.119. The summed E-state index contributed by atoms with van der Waals surface area (Å²) in [7, 11) is 0. The Balaban J connectivity index is 1.07. The number of carbonyl (C=O) groups excluding carboxylic acids is 1. The van der Waals surface area contributed by atoms with Gasteiger partial charge in [-0.2, -0.15) is 0 Å². The molecular formula is C25H28ClN5O. The smallest absolute Gasteiger partial charge is 0.241 e. The number of halogens is 1. The number of rotatable bonds is 6. The number of aromatic nitrogens is 2. The van der Waals surface area contributed by atoms with Crippen molar-refractivity contribution >= 4 is 23.2 Å². The molecule has 6 nitrogen and oxygen atoms in total. The molecule has 1 saturated heterocycles. The number of likely N-dealkylation sites (tertiary alicyclic amines) is 1. The molecule has 5 rings (SSSR count). The van der Waals surface area contributed by atoms with Gasteiger partial charge in [-0.05, 0) is 55.2 Å². The molecule has 0 radical (unpaired) electrons. The highest BCUT2D eigenvalue weighted by Crippen LogP contribution is 2.27. The minimum atomic E-state index is 0.216. The molecule has 166 valence electrons. The summed E-state index contributed by atoms with van der Waals surface area (Å²) < 4.78 is 0. The lowest BCUT2D eigenvalue weighted by atomic mass is 10.0. The van der Waals surface area contributed by atoms with Gasteiger partial charge in [-0.1, -0.05) is 29.8 Å². The summed E-state index contributed by atoms with van der Waals surface area (Å²) in [6.07, 6.45) is 4.93. The maximum absolute atomic E-state index is 12.9. The molecule has 2 N–H and O–H groups in total. The minimum Gasteiger partial charge on any atom is -0.341 e. The lowest BCUT2D eigenvalue weighted by Crippen LogP contribution is -2.46. The number of amides is 1. The van der Waals surface area contributed by atoms with E-state index in [0.29, 0.717) is 12.6 Å². The second-order valence-electron chi connectivity index (χ2n) is 8.62. The molecule has 7 heteroatoms. The molecule has 2 aliphatic heterocycles. The molecule has 3 aromatic rings. The van der Waals surface area contributed by atoms with Gasteiger partial charge >= 0.3 is 0 Å². The highest BCUT2D eigenvalue weighted by molar-refractivity contribution is 6.30. The van der Waals surface area contributed by atoms with Crippen LogP contribution in [-0.4, -0.2) is 53.0 Å². The van der Waals surface area contributed by atoms with Crippen molar-refractivity contribution in [3.8, 4) is 11.4 Å². The standard InChI is InChI=1S/C25H28ClN5O/c26-20-7-5-19(6-8-20)25-28-16-22(29-25)15-27-21-10-12-30(13-11-21)17-24(32)31-14-9-18-3-1-2-4-23(18)31/h1-8,16,21,27H,9-15,17H2,(H,28,29). The van der Waals surface area contributed by atoms with Gasteiger partial charge in [-0.15, -0.1) is 0 Å². The van der Waals surface area contributed by atoms with Crippen LogP contribution in [-0.2, 0) is 17.8 Å². The molecule has 1 amide bonds. The van der Waals surface area contributed by atoms with Crippen molar-refractivity contribution in [3.63, 3.8) is 0 Å². The van der Waals surface area contributed by atoms with Gasteiger partial charge in [0.15, 0.2) is 0 Å². The zero-order valence-corrected chi connectivity index (χ0v) is 18.8. The molecule has 0 spiro atoms. The maximum atomic E-state index is 12.9. The normalized spacial score (nSPS) is 17.0. The van der Waals surface area contributed by atoms with Crippen LogP contribution in [0.15, 0.2) is 54.7 Å². The van der Waals surface area contributed by atoms with Crippen LogP contribution in [0.3, 0.4) is 0 Å². The second-order valence-corrected chi connectivity index (χ2v) is 9.06. The molecule has 1 aromatic heterocycles. The SMILES string of the molecule is O=C(CN1CCC(NCc2cnc(-c3ccc(Cl)cc3)[nH]2)CC1)N1CCc2ccccc21. The molecule has 2 aromatic carbocycles. The summed E-state index contributed by atoms with van der Waals surface area (Å²) in [6.45, 7) is 3.95. The monoisotopic (exact) mass is 449 g/mol. The average Bonchev–Trinajstić information content (AvgIpc) is 3.46. The summed E-state index contributed by atoms with van der Waals surface area (Å²) in [5, 5.41) is 4.36. The Morgan fingerprint density at radius 3 is 2.69 bits per heavy atom. The summed E-state index contributed by atoms with van der Waals surface area (Å²) >= 11 is 5.97. The second kappa shape index (κ2) is 9.45. The van der Waals surface area contributed by atoms with Crippen LogP contribution in [0.25, 0.3) is 11.4 Å². The molecule has 0 saturated carbocycles. The molecular weight excluding hydrogens is 422 g/mol. The van der Waals surface area contributed by atoms with Gasteiger partial charge < -0.3 is 15.2 Å².